The van der Waals surface area contributed by atoms with E-state index in [-0.39, 0.29) is 0 Å². The van der Waals surface area contributed by atoms with Gasteiger partial charge in [-0.05, 0) is 37.5 Å². The van der Waals surface area contributed by atoms with Gasteiger partial charge in [0.1, 0.15) is 0 Å². The second kappa shape index (κ2) is 5.32. The molecule has 1 aliphatic heterocycles. The molecule has 3 heteroatoms. The zero-order chi connectivity index (χ0) is 12.3. The Morgan fingerprint density at radius 1 is 1.41 bits per heavy atom. The molecule has 2 heterocycles. The van der Waals surface area contributed by atoms with E-state index in [2.05, 4.69) is 22.5 Å². The van der Waals surface area contributed by atoms with Crippen molar-refractivity contribution < 1.29 is 4.74 Å². The van der Waals surface area contributed by atoms with Crippen LogP contribution in [-0.2, 0) is 4.74 Å². The zero-order valence-corrected chi connectivity index (χ0v) is 10.6. The summed E-state index contributed by atoms with van der Waals surface area (Å²) in [7, 11) is 1.80. The normalized spacial score (nSPS) is 17.2. The molecule has 17 heavy (non-hydrogen) atoms. The first-order valence-electron chi connectivity index (χ1n) is 6.10. The lowest BCUT2D eigenvalue weighted by Crippen LogP contribution is -2.36. The first-order valence-corrected chi connectivity index (χ1v) is 6.10. The van der Waals surface area contributed by atoms with Gasteiger partial charge in [-0.3, -0.25) is 4.98 Å². The van der Waals surface area contributed by atoms with Crippen LogP contribution in [0.3, 0.4) is 0 Å². The smallest absolute Gasteiger partial charge is 0.0654 e. The molecule has 0 aliphatic carbocycles. The Hall–Kier alpha value is -1.35. The van der Waals surface area contributed by atoms with Gasteiger partial charge >= 0.3 is 0 Å². The quantitative estimate of drug-likeness (QED) is 0.801. The van der Waals surface area contributed by atoms with Gasteiger partial charge in [0.15, 0.2) is 0 Å². The molecule has 0 spiro atoms. The maximum absolute atomic E-state index is 5.37. The lowest BCUT2D eigenvalue weighted by Gasteiger charge is -2.32. The molecule has 1 aromatic rings. The Kier molecular flexibility index (Phi) is 3.79. The highest BCUT2D eigenvalue weighted by Crippen LogP contribution is 2.21. The SMILES string of the molecule is C=C(C)c1ccc(N2CCC(OC)CC2)cn1. The number of allylic oxidation sites excluding steroid dienone is 1. The highest BCUT2D eigenvalue weighted by Gasteiger charge is 2.18. The Morgan fingerprint density at radius 2 is 2.12 bits per heavy atom. The Labute approximate surface area is 103 Å². The van der Waals surface area contributed by atoms with E-state index in [0.29, 0.717) is 6.10 Å². The molecule has 92 valence electrons. The van der Waals surface area contributed by atoms with E-state index in [0.717, 1.165) is 37.2 Å². The summed E-state index contributed by atoms with van der Waals surface area (Å²) in [6, 6.07) is 4.17. The van der Waals surface area contributed by atoms with Gasteiger partial charge in [0.2, 0.25) is 0 Å². The number of ether oxygens (including phenoxy) is 1. The molecule has 2 rings (SSSR count). The molecular formula is C14H20N2O. The van der Waals surface area contributed by atoms with Gasteiger partial charge in [0.05, 0.1) is 23.7 Å². The molecule has 0 aromatic carbocycles. The first-order chi connectivity index (χ1) is 8.20. The van der Waals surface area contributed by atoms with Crippen LogP contribution in [0.1, 0.15) is 25.5 Å². The number of hydrogen-bond acceptors (Lipinski definition) is 3. The van der Waals surface area contributed by atoms with Crippen molar-refractivity contribution >= 4 is 11.3 Å². The molecule has 1 fully saturated rings. The van der Waals surface area contributed by atoms with Crippen LogP contribution in [-0.4, -0.2) is 31.3 Å². The summed E-state index contributed by atoms with van der Waals surface area (Å²) in [5, 5.41) is 0. The fourth-order valence-electron chi connectivity index (χ4n) is 2.18. The van der Waals surface area contributed by atoms with Gasteiger partial charge in [-0.2, -0.15) is 0 Å². The summed E-state index contributed by atoms with van der Waals surface area (Å²) >= 11 is 0. The maximum Gasteiger partial charge on any atom is 0.0654 e. The number of anilines is 1. The number of rotatable bonds is 3. The van der Waals surface area contributed by atoms with E-state index in [1.54, 1.807) is 7.11 Å². The van der Waals surface area contributed by atoms with Crippen molar-refractivity contribution in [2.45, 2.75) is 25.9 Å². The summed E-state index contributed by atoms with van der Waals surface area (Å²) in [4.78, 5) is 6.79. The van der Waals surface area contributed by atoms with Crippen molar-refractivity contribution in [3.05, 3.63) is 30.6 Å². The van der Waals surface area contributed by atoms with E-state index in [4.69, 9.17) is 4.74 Å². The molecule has 0 amide bonds. The van der Waals surface area contributed by atoms with Crippen LogP contribution in [0.2, 0.25) is 0 Å². The van der Waals surface area contributed by atoms with Crippen molar-refractivity contribution in [1.82, 2.24) is 4.98 Å². The number of aromatic nitrogens is 1. The lowest BCUT2D eigenvalue weighted by molar-refractivity contribution is 0.0819. The average molecular weight is 232 g/mol. The summed E-state index contributed by atoms with van der Waals surface area (Å²) in [5.74, 6) is 0. The highest BCUT2D eigenvalue weighted by atomic mass is 16.5. The van der Waals surface area contributed by atoms with Crippen molar-refractivity contribution in [1.29, 1.82) is 0 Å². The predicted octanol–water partition coefficient (Wildman–Crippen LogP) is 2.73. The minimum Gasteiger partial charge on any atom is -0.381 e. The minimum atomic E-state index is 0.425. The van der Waals surface area contributed by atoms with Crippen molar-refractivity contribution in [2.24, 2.45) is 0 Å². The van der Waals surface area contributed by atoms with Gasteiger partial charge in [-0.15, -0.1) is 0 Å². The Morgan fingerprint density at radius 3 is 2.59 bits per heavy atom. The maximum atomic E-state index is 5.37. The van der Waals surface area contributed by atoms with Crippen LogP contribution < -0.4 is 4.90 Å². The van der Waals surface area contributed by atoms with Crippen LogP contribution in [0.5, 0.6) is 0 Å². The molecule has 0 unspecified atom stereocenters. The minimum absolute atomic E-state index is 0.425. The lowest BCUT2D eigenvalue weighted by atomic mass is 10.1. The van der Waals surface area contributed by atoms with Gasteiger partial charge in [0.25, 0.3) is 0 Å². The molecule has 0 radical (unpaired) electrons. The molecule has 3 nitrogen and oxygen atoms in total. The first kappa shape index (κ1) is 12.1. The van der Waals surface area contributed by atoms with Crippen LogP contribution in [0.25, 0.3) is 5.57 Å². The monoisotopic (exact) mass is 232 g/mol. The van der Waals surface area contributed by atoms with Gasteiger partial charge in [-0.1, -0.05) is 6.58 Å². The molecule has 0 atom stereocenters. The van der Waals surface area contributed by atoms with Crippen LogP contribution in [0.4, 0.5) is 5.69 Å². The third kappa shape index (κ3) is 2.86. The Bertz CT molecular complexity index is 378. The second-order valence-electron chi connectivity index (χ2n) is 4.60. The number of pyridine rings is 1. The molecule has 1 saturated heterocycles. The third-order valence-electron chi connectivity index (χ3n) is 3.33. The van der Waals surface area contributed by atoms with Crippen LogP contribution in [0.15, 0.2) is 24.9 Å². The molecule has 1 aliphatic rings. The number of hydrogen-bond donors (Lipinski definition) is 0. The second-order valence-corrected chi connectivity index (χ2v) is 4.60. The van der Waals surface area contributed by atoms with E-state index < -0.39 is 0 Å². The van der Waals surface area contributed by atoms with Crippen LogP contribution >= 0.6 is 0 Å². The summed E-state index contributed by atoms with van der Waals surface area (Å²) in [6.45, 7) is 7.97. The topological polar surface area (TPSA) is 25.4 Å². The highest BCUT2D eigenvalue weighted by molar-refractivity contribution is 5.59. The van der Waals surface area contributed by atoms with Gasteiger partial charge in [0, 0.05) is 20.2 Å². The summed E-state index contributed by atoms with van der Waals surface area (Å²) < 4.78 is 5.37. The fraction of sp³-hybridized carbons (Fsp3) is 0.500. The number of piperidine rings is 1. The Balaban J connectivity index is 2.01. The molecular weight excluding hydrogens is 212 g/mol. The van der Waals surface area contributed by atoms with Crippen molar-refractivity contribution in [3.63, 3.8) is 0 Å². The van der Waals surface area contributed by atoms with Gasteiger partial charge in [-0.25, -0.2) is 0 Å². The zero-order valence-electron chi connectivity index (χ0n) is 10.6. The van der Waals surface area contributed by atoms with E-state index in [9.17, 15) is 0 Å². The number of methoxy groups -OCH3 is 1. The largest absolute Gasteiger partial charge is 0.381 e. The van der Waals surface area contributed by atoms with E-state index >= 15 is 0 Å². The molecule has 1 aromatic heterocycles. The molecule has 0 N–H and O–H groups in total. The van der Waals surface area contributed by atoms with Gasteiger partial charge < -0.3 is 9.64 Å². The molecule has 0 bridgehead atoms. The van der Waals surface area contributed by atoms with Crippen LogP contribution in [0, 0.1) is 0 Å². The standard InChI is InChI=1S/C14H20N2O/c1-11(2)14-5-4-12(10-15-14)16-8-6-13(17-3)7-9-16/h4-5,10,13H,1,6-9H2,2-3H3. The van der Waals surface area contributed by atoms with Crippen molar-refractivity contribution in [3.8, 4) is 0 Å². The van der Waals surface area contributed by atoms with E-state index in [1.165, 1.54) is 5.69 Å². The fourth-order valence-corrected chi connectivity index (χ4v) is 2.18. The molecule has 0 saturated carbocycles. The van der Waals surface area contributed by atoms with Crippen molar-refractivity contribution in [2.75, 3.05) is 25.1 Å². The average Bonchev–Trinajstić information content (AvgIpc) is 2.39. The number of nitrogens with zero attached hydrogens (tertiary/aromatic N) is 2. The third-order valence-corrected chi connectivity index (χ3v) is 3.33. The van der Waals surface area contributed by atoms with E-state index in [1.807, 2.05) is 19.2 Å². The summed E-state index contributed by atoms with van der Waals surface area (Å²) in [5.41, 5.74) is 3.18. The summed E-state index contributed by atoms with van der Waals surface area (Å²) in [6.07, 6.45) is 4.56. The predicted molar refractivity (Wildman–Crippen MR) is 71.2 cm³/mol.